The Bertz CT molecular complexity index is 552. The van der Waals surface area contributed by atoms with Gasteiger partial charge in [-0.2, -0.15) is 0 Å². The highest BCUT2D eigenvalue weighted by molar-refractivity contribution is 6.35. The van der Waals surface area contributed by atoms with E-state index >= 15 is 0 Å². The molecule has 2 rings (SSSR count). The lowest BCUT2D eigenvalue weighted by molar-refractivity contribution is -0.113. The third-order valence-corrected chi connectivity index (χ3v) is 2.43. The van der Waals surface area contributed by atoms with Gasteiger partial charge < -0.3 is 5.11 Å². The SMILES string of the molecule is CC(=O)C1=CC(=O)c2cccc(O)c2C1=O. The molecule has 1 aromatic rings. The van der Waals surface area contributed by atoms with E-state index in [1.54, 1.807) is 0 Å². The standard InChI is InChI=1S/C12H8O4/c1-6(13)8-5-10(15)7-3-2-4-9(14)11(7)12(8)16/h2-5,14H,1H3. The summed E-state index contributed by atoms with van der Waals surface area (Å²) in [5.74, 6) is -1.79. The second-order valence-corrected chi connectivity index (χ2v) is 3.51. The maximum atomic E-state index is 11.8. The number of carbonyl (C=O) groups excluding carboxylic acids is 3. The maximum Gasteiger partial charge on any atom is 0.201 e. The zero-order valence-corrected chi connectivity index (χ0v) is 8.48. The number of phenolic OH excluding ortho intramolecular Hbond substituents is 1. The maximum absolute atomic E-state index is 11.8. The fourth-order valence-electron chi connectivity index (χ4n) is 1.65. The Morgan fingerprint density at radius 3 is 2.56 bits per heavy atom. The minimum atomic E-state index is -0.597. The van der Waals surface area contributed by atoms with Crippen molar-refractivity contribution in [1.82, 2.24) is 0 Å². The lowest BCUT2D eigenvalue weighted by Gasteiger charge is -2.13. The molecule has 4 nitrogen and oxygen atoms in total. The fraction of sp³-hybridized carbons (Fsp3) is 0.0833. The summed E-state index contributed by atoms with van der Waals surface area (Å²) in [6.45, 7) is 1.21. The molecule has 0 saturated heterocycles. The first-order chi connectivity index (χ1) is 7.52. The van der Waals surface area contributed by atoms with E-state index in [1.165, 1.54) is 25.1 Å². The first-order valence-corrected chi connectivity index (χ1v) is 4.66. The van der Waals surface area contributed by atoms with Crippen molar-refractivity contribution in [3.05, 3.63) is 41.0 Å². The lowest BCUT2D eigenvalue weighted by atomic mass is 9.87. The van der Waals surface area contributed by atoms with Gasteiger partial charge in [0.15, 0.2) is 11.6 Å². The number of hydrogen-bond donors (Lipinski definition) is 1. The molecule has 0 saturated carbocycles. The largest absolute Gasteiger partial charge is 0.507 e. The summed E-state index contributed by atoms with van der Waals surface area (Å²) < 4.78 is 0. The van der Waals surface area contributed by atoms with E-state index in [4.69, 9.17) is 0 Å². The monoisotopic (exact) mass is 216 g/mol. The highest BCUT2D eigenvalue weighted by atomic mass is 16.3. The van der Waals surface area contributed by atoms with E-state index < -0.39 is 17.3 Å². The van der Waals surface area contributed by atoms with Crippen molar-refractivity contribution in [3.8, 4) is 5.75 Å². The summed E-state index contributed by atoms with van der Waals surface area (Å²) in [5, 5.41) is 9.53. The van der Waals surface area contributed by atoms with E-state index in [0.717, 1.165) is 6.08 Å². The van der Waals surface area contributed by atoms with Gasteiger partial charge in [-0.05, 0) is 13.0 Å². The molecule has 1 aliphatic rings. The van der Waals surface area contributed by atoms with Crippen molar-refractivity contribution in [2.45, 2.75) is 6.92 Å². The van der Waals surface area contributed by atoms with E-state index in [0.29, 0.717) is 0 Å². The Morgan fingerprint density at radius 1 is 1.25 bits per heavy atom. The van der Waals surface area contributed by atoms with Crippen molar-refractivity contribution in [3.63, 3.8) is 0 Å². The zero-order chi connectivity index (χ0) is 11.9. The van der Waals surface area contributed by atoms with Crippen molar-refractivity contribution in [2.24, 2.45) is 0 Å². The van der Waals surface area contributed by atoms with Crippen LogP contribution in [-0.4, -0.2) is 22.5 Å². The molecule has 0 aliphatic heterocycles. The van der Waals surface area contributed by atoms with Crippen LogP contribution in [0.3, 0.4) is 0 Å². The number of hydrogen-bond acceptors (Lipinski definition) is 4. The minimum absolute atomic E-state index is 0.0831. The number of carbonyl (C=O) groups is 3. The molecule has 0 heterocycles. The molecule has 16 heavy (non-hydrogen) atoms. The Kier molecular flexibility index (Phi) is 2.20. The molecular weight excluding hydrogens is 208 g/mol. The summed E-state index contributed by atoms with van der Waals surface area (Å²) in [6, 6.07) is 4.24. The molecule has 0 aromatic heterocycles. The summed E-state index contributed by atoms with van der Waals surface area (Å²) in [4.78, 5) is 34.6. The fourth-order valence-corrected chi connectivity index (χ4v) is 1.65. The molecular formula is C12H8O4. The number of phenols is 1. The predicted octanol–water partition coefficient (Wildman–Crippen LogP) is 1.29. The molecule has 1 aliphatic carbocycles. The smallest absolute Gasteiger partial charge is 0.201 e. The van der Waals surface area contributed by atoms with Gasteiger partial charge in [0.25, 0.3) is 0 Å². The molecule has 4 heteroatoms. The van der Waals surface area contributed by atoms with Crippen molar-refractivity contribution in [2.75, 3.05) is 0 Å². The third-order valence-electron chi connectivity index (χ3n) is 2.43. The Labute approximate surface area is 91.2 Å². The molecule has 0 unspecified atom stereocenters. The van der Waals surface area contributed by atoms with Crippen molar-refractivity contribution in [1.29, 1.82) is 0 Å². The number of benzene rings is 1. The van der Waals surface area contributed by atoms with Gasteiger partial charge in [0.2, 0.25) is 5.78 Å². The molecule has 1 aromatic carbocycles. The summed E-state index contributed by atoms with van der Waals surface area (Å²) in [7, 11) is 0. The second-order valence-electron chi connectivity index (χ2n) is 3.51. The average Bonchev–Trinajstić information content (AvgIpc) is 2.22. The van der Waals surface area contributed by atoms with E-state index in [-0.39, 0.29) is 22.4 Å². The number of allylic oxidation sites excluding steroid dienone is 2. The van der Waals surface area contributed by atoms with Gasteiger partial charge in [0, 0.05) is 11.6 Å². The van der Waals surface area contributed by atoms with Crippen LogP contribution in [0.4, 0.5) is 0 Å². The second kappa shape index (κ2) is 3.41. The molecule has 0 atom stereocenters. The van der Waals surface area contributed by atoms with Crippen LogP contribution >= 0.6 is 0 Å². The van der Waals surface area contributed by atoms with Crippen LogP contribution in [0.5, 0.6) is 5.75 Å². The summed E-state index contributed by atoms with van der Waals surface area (Å²) in [6.07, 6.45) is 1.02. The lowest BCUT2D eigenvalue weighted by Crippen LogP contribution is -2.20. The Hall–Kier alpha value is -2.23. The van der Waals surface area contributed by atoms with Gasteiger partial charge in [-0.3, -0.25) is 14.4 Å². The number of rotatable bonds is 1. The van der Waals surface area contributed by atoms with Gasteiger partial charge in [-0.15, -0.1) is 0 Å². The van der Waals surface area contributed by atoms with E-state index in [9.17, 15) is 19.5 Å². The Balaban J connectivity index is 2.70. The molecule has 0 radical (unpaired) electrons. The number of aromatic hydroxyl groups is 1. The van der Waals surface area contributed by atoms with Crippen LogP contribution in [0.2, 0.25) is 0 Å². The zero-order valence-electron chi connectivity index (χ0n) is 8.48. The molecule has 1 N–H and O–H groups in total. The molecule has 0 bridgehead atoms. The van der Waals surface area contributed by atoms with E-state index in [2.05, 4.69) is 0 Å². The van der Waals surface area contributed by atoms with Crippen molar-refractivity contribution >= 4 is 17.3 Å². The highest BCUT2D eigenvalue weighted by Gasteiger charge is 2.29. The number of Topliss-reactive ketones (excluding diaryl/α,β-unsaturated/α-hetero) is 2. The van der Waals surface area contributed by atoms with Crippen LogP contribution in [0.15, 0.2) is 29.8 Å². The first-order valence-electron chi connectivity index (χ1n) is 4.66. The molecule has 0 amide bonds. The van der Waals surface area contributed by atoms with E-state index in [1.807, 2.05) is 0 Å². The average molecular weight is 216 g/mol. The topological polar surface area (TPSA) is 71.4 Å². The summed E-state index contributed by atoms with van der Waals surface area (Å²) in [5.41, 5.74) is -0.130. The van der Waals surface area contributed by atoms with Gasteiger partial charge in [0.05, 0.1) is 11.1 Å². The molecule has 0 fully saturated rings. The summed E-state index contributed by atoms with van der Waals surface area (Å²) >= 11 is 0. The number of fused-ring (bicyclic) bond motifs is 1. The minimum Gasteiger partial charge on any atom is -0.507 e. The first kappa shape index (κ1) is 10.3. The van der Waals surface area contributed by atoms with Crippen LogP contribution in [0.1, 0.15) is 27.6 Å². The normalized spacial score (nSPS) is 14.4. The van der Waals surface area contributed by atoms with Crippen molar-refractivity contribution < 1.29 is 19.5 Å². The van der Waals surface area contributed by atoms with Crippen LogP contribution in [-0.2, 0) is 4.79 Å². The Morgan fingerprint density at radius 2 is 1.94 bits per heavy atom. The van der Waals surface area contributed by atoms with Crippen LogP contribution < -0.4 is 0 Å². The highest BCUT2D eigenvalue weighted by Crippen LogP contribution is 2.28. The molecule has 0 spiro atoms. The van der Waals surface area contributed by atoms with Gasteiger partial charge >= 0.3 is 0 Å². The van der Waals surface area contributed by atoms with Gasteiger partial charge in [-0.25, -0.2) is 0 Å². The van der Waals surface area contributed by atoms with Crippen LogP contribution in [0.25, 0.3) is 0 Å². The quantitative estimate of drug-likeness (QED) is 0.718. The third kappa shape index (κ3) is 1.35. The molecule has 80 valence electrons. The predicted molar refractivity (Wildman–Crippen MR) is 55.5 cm³/mol. The van der Waals surface area contributed by atoms with Gasteiger partial charge in [0.1, 0.15) is 5.75 Å². The van der Waals surface area contributed by atoms with Crippen LogP contribution in [0, 0.1) is 0 Å². The number of ketones is 3. The van der Waals surface area contributed by atoms with Gasteiger partial charge in [-0.1, -0.05) is 12.1 Å².